The Morgan fingerprint density at radius 2 is 1.70 bits per heavy atom. The Morgan fingerprint density at radius 3 is 2.15 bits per heavy atom. The highest BCUT2D eigenvalue weighted by atomic mass is 16.5. The predicted molar refractivity (Wildman–Crippen MR) is 72.5 cm³/mol. The van der Waals surface area contributed by atoms with Gasteiger partial charge in [0.1, 0.15) is 0 Å². The molecule has 108 valence electrons. The van der Waals surface area contributed by atoms with E-state index in [1.54, 1.807) is 28.3 Å². The summed E-state index contributed by atoms with van der Waals surface area (Å²) in [6, 6.07) is 3.62. The third kappa shape index (κ3) is 2.93. The minimum Gasteiger partial charge on any atom is -0.493 e. The van der Waals surface area contributed by atoms with Gasteiger partial charge in [0.05, 0.1) is 27.9 Å². The molecule has 1 aromatic heterocycles. The van der Waals surface area contributed by atoms with Crippen molar-refractivity contribution in [3.63, 3.8) is 0 Å². The summed E-state index contributed by atoms with van der Waals surface area (Å²) in [5, 5.41) is 10.8. The van der Waals surface area contributed by atoms with Gasteiger partial charge in [-0.3, -0.25) is 0 Å². The molecule has 0 atom stereocenters. The first kappa shape index (κ1) is 14.0. The minimum atomic E-state index is 0.416. The van der Waals surface area contributed by atoms with E-state index in [1.807, 2.05) is 12.1 Å². The van der Waals surface area contributed by atoms with Crippen molar-refractivity contribution >= 4 is 5.69 Å². The second-order valence-corrected chi connectivity index (χ2v) is 3.98. The Morgan fingerprint density at radius 1 is 1.05 bits per heavy atom. The highest BCUT2D eigenvalue weighted by Gasteiger charge is 2.13. The van der Waals surface area contributed by atoms with Crippen LogP contribution < -0.4 is 19.5 Å². The van der Waals surface area contributed by atoms with Crippen molar-refractivity contribution in [3.05, 3.63) is 23.9 Å². The molecule has 1 N–H and O–H groups in total. The zero-order valence-electron chi connectivity index (χ0n) is 11.9. The number of benzene rings is 1. The van der Waals surface area contributed by atoms with Crippen LogP contribution in [0.4, 0.5) is 5.69 Å². The van der Waals surface area contributed by atoms with E-state index in [0.29, 0.717) is 35.6 Å². The second-order valence-electron chi connectivity index (χ2n) is 3.98. The molecule has 0 aliphatic rings. The van der Waals surface area contributed by atoms with Gasteiger partial charge in [-0.05, 0) is 0 Å². The Kier molecular flexibility index (Phi) is 4.29. The Hall–Kier alpha value is -2.44. The lowest BCUT2D eigenvalue weighted by Crippen LogP contribution is -2.02. The molecule has 0 aliphatic heterocycles. The van der Waals surface area contributed by atoms with Crippen molar-refractivity contribution in [2.45, 2.75) is 13.5 Å². The number of methoxy groups -OCH3 is 3. The van der Waals surface area contributed by atoms with Crippen LogP contribution in [0, 0.1) is 6.92 Å². The smallest absolute Gasteiger partial charge is 0.235 e. The maximum Gasteiger partial charge on any atom is 0.235 e. The van der Waals surface area contributed by atoms with E-state index in [4.69, 9.17) is 18.6 Å². The molecule has 2 rings (SSSR count). The van der Waals surface area contributed by atoms with Crippen LogP contribution >= 0.6 is 0 Å². The Bertz CT molecular complexity index is 558. The largest absolute Gasteiger partial charge is 0.493 e. The van der Waals surface area contributed by atoms with Gasteiger partial charge in [0, 0.05) is 24.7 Å². The van der Waals surface area contributed by atoms with Crippen LogP contribution in [-0.4, -0.2) is 31.5 Å². The van der Waals surface area contributed by atoms with Gasteiger partial charge >= 0.3 is 0 Å². The molecule has 0 bridgehead atoms. The molecule has 7 heteroatoms. The van der Waals surface area contributed by atoms with Crippen LogP contribution in [0.2, 0.25) is 0 Å². The summed E-state index contributed by atoms with van der Waals surface area (Å²) in [5.74, 6) is 2.75. The first-order chi connectivity index (χ1) is 9.67. The average Bonchev–Trinajstić information content (AvgIpc) is 2.89. The number of aromatic nitrogens is 2. The predicted octanol–water partition coefficient (Wildman–Crippen LogP) is 2.02. The lowest BCUT2D eigenvalue weighted by Gasteiger charge is -2.14. The number of hydrogen-bond donors (Lipinski definition) is 1. The van der Waals surface area contributed by atoms with E-state index < -0.39 is 0 Å². The third-order valence-electron chi connectivity index (χ3n) is 2.68. The summed E-state index contributed by atoms with van der Waals surface area (Å²) < 4.78 is 21.1. The van der Waals surface area contributed by atoms with Crippen LogP contribution in [0.25, 0.3) is 0 Å². The van der Waals surface area contributed by atoms with Crippen LogP contribution in [0.3, 0.4) is 0 Å². The standard InChI is InChI=1S/C13H17N3O4/c1-8-15-16-12(20-8)7-14-9-5-10(17-2)13(19-4)11(6-9)18-3/h5-6,14H,7H2,1-4H3. The topological polar surface area (TPSA) is 78.6 Å². The highest BCUT2D eigenvalue weighted by molar-refractivity contribution is 5.62. The molecule has 0 unspecified atom stereocenters. The molecule has 20 heavy (non-hydrogen) atoms. The molecule has 1 heterocycles. The maximum atomic E-state index is 5.29. The van der Waals surface area contributed by atoms with E-state index >= 15 is 0 Å². The molecule has 0 aliphatic carbocycles. The van der Waals surface area contributed by atoms with Gasteiger partial charge in [-0.25, -0.2) is 0 Å². The number of aryl methyl sites for hydroxylation is 1. The zero-order valence-corrected chi connectivity index (χ0v) is 11.9. The van der Waals surface area contributed by atoms with Gasteiger partial charge in [-0.15, -0.1) is 10.2 Å². The van der Waals surface area contributed by atoms with Crippen molar-refractivity contribution in [1.29, 1.82) is 0 Å². The van der Waals surface area contributed by atoms with Crippen molar-refractivity contribution in [2.24, 2.45) is 0 Å². The van der Waals surface area contributed by atoms with Crippen LogP contribution in [0.15, 0.2) is 16.5 Å². The quantitative estimate of drug-likeness (QED) is 0.866. The van der Waals surface area contributed by atoms with Crippen LogP contribution in [0.5, 0.6) is 17.2 Å². The molecule has 0 saturated heterocycles. The Balaban J connectivity index is 2.19. The van der Waals surface area contributed by atoms with E-state index in [-0.39, 0.29) is 0 Å². The van der Waals surface area contributed by atoms with Crippen molar-refractivity contribution in [3.8, 4) is 17.2 Å². The molecule has 1 aromatic carbocycles. The fraction of sp³-hybridized carbons (Fsp3) is 0.385. The monoisotopic (exact) mass is 279 g/mol. The van der Waals surface area contributed by atoms with Gasteiger partial charge in [-0.2, -0.15) is 0 Å². The molecule has 2 aromatic rings. The summed E-state index contributed by atoms with van der Waals surface area (Å²) in [4.78, 5) is 0. The van der Waals surface area contributed by atoms with Crippen molar-refractivity contribution in [2.75, 3.05) is 26.6 Å². The summed E-state index contributed by atoms with van der Waals surface area (Å²) in [6.45, 7) is 2.16. The summed E-state index contributed by atoms with van der Waals surface area (Å²) in [7, 11) is 4.71. The molecule has 0 saturated carbocycles. The first-order valence-electron chi connectivity index (χ1n) is 6.00. The maximum absolute atomic E-state index is 5.29. The summed E-state index contributed by atoms with van der Waals surface area (Å²) in [6.07, 6.45) is 0. The van der Waals surface area contributed by atoms with Crippen molar-refractivity contribution in [1.82, 2.24) is 10.2 Å². The number of hydrogen-bond acceptors (Lipinski definition) is 7. The number of nitrogens with one attached hydrogen (secondary N) is 1. The van der Waals surface area contributed by atoms with Gasteiger partial charge < -0.3 is 23.9 Å². The molecular formula is C13H17N3O4. The van der Waals surface area contributed by atoms with Gasteiger partial charge in [0.15, 0.2) is 11.5 Å². The minimum absolute atomic E-state index is 0.416. The van der Waals surface area contributed by atoms with E-state index in [2.05, 4.69) is 15.5 Å². The average molecular weight is 279 g/mol. The lowest BCUT2D eigenvalue weighted by molar-refractivity contribution is 0.324. The fourth-order valence-corrected chi connectivity index (χ4v) is 1.77. The lowest BCUT2D eigenvalue weighted by atomic mass is 10.2. The van der Waals surface area contributed by atoms with E-state index in [9.17, 15) is 0 Å². The first-order valence-corrected chi connectivity index (χ1v) is 6.00. The highest BCUT2D eigenvalue weighted by Crippen LogP contribution is 2.39. The molecule has 7 nitrogen and oxygen atoms in total. The SMILES string of the molecule is COc1cc(NCc2nnc(C)o2)cc(OC)c1OC. The van der Waals surface area contributed by atoms with Gasteiger partial charge in [0.25, 0.3) is 0 Å². The number of ether oxygens (including phenoxy) is 3. The van der Waals surface area contributed by atoms with Gasteiger partial charge in [0.2, 0.25) is 17.5 Å². The van der Waals surface area contributed by atoms with E-state index in [0.717, 1.165) is 5.69 Å². The Labute approximate surface area is 116 Å². The summed E-state index contributed by atoms with van der Waals surface area (Å²) in [5.41, 5.74) is 0.801. The van der Waals surface area contributed by atoms with Gasteiger partial charge in [-0.1, -0.05) is 0 Å². The molecule has 0 spiro atoms. The van der Waals surface area contributed by atoms with Crippen LogP contribution in [-0.2, 0) is 6.54 Å². The normalized spacial score (nSPS) is 10.2. The molecular weight excluding hydrogens is 262 g/mol. The number of nitrogens with zero attached hydrogens (tertiary/aromatic N) is 2. The number of rotatable bonds is 6. The third-order valence-corrected chi connectivity index (χ3v) is 2.68. The molecule has 0 fully saturated rings. The van der Waals surface area contributed by atoms with E-state index in [1.165, 1.54) is 0 Å². The molecule has 0 amide bonds. The zero-order chi connectivity index (χ0) is 14.5. The fourth-order valence-electron chi connectivity index (χ4n) is 1.77. The van der Waals surface area contributed by atoms with Crippen LogP contribution in [0.1, 0.15) is 11.8 Å². The number of anilines is 1. The second kappa shape index (κ2) is 6.14. The summed E-state index contributed by atoms with van der Waals surface area (Å²) >= 11 is 0. The van der Waals surface area contributed by atoms with Crippen molar-refractivity contribution < 1.29 is 18.6 Å². The molecule has 0 radical (unpaired) electrons.